The first-order valence-electron chi connectivity index (χ1n) is 11.1. The molecule has 0 spiro atoms. The van der Waals surface area contributed by atoms with Crippen LogP contribution in [-0.2, 0) is 14.3 Å². The van der Waals surface area contributed by atoms with Crippen molar-refractivity contribution >= 4 is 61.0 Å². The van der Waals surface area contributed by atoms with Gasteiger partial charge in [0.2, 0.25) is 12.2 Å². The van der Waals surface area contributed by atoms with Crippen LogP contribution in [0.2, 0.25) is 0 Å². The first-order valence-corrected chi connectivity index (χ1v) is 12.9. The van der Waals surface area contributed by atoms with Crippen LogP contribution in [0.4, 0.5) is 0 Å². The number of nitrogens with one attached hydrogen (secondary N) is 1. The fourth-order valence-corrected chi connectivity index (χ4v) is 6.38. The molecule has 190 valence electrons. The molecule has 1 aromatic heterocycles. The van der Waals surface area contributed by atoms with Crippen LogP contribution in [0, 0.1) is 0 Å². The summed E-state index contributed by atoms with van der Waals surface area (Å²) in [5, 5.41) is 45.0. The summed E-state index contributed by atoms with van der Waals surface area (Å²) in [5.74, 6) is -0.612. The SMILES string of the molecule is CC(=O)NC1C(Oc2ccc3c(ccc4nc(C5=NC(C(=O)O)CS5)sc43)c2)OC(CO)C(O)C1O. The van der Waals surface area contributed by atoms with Crippen molar-refractivity contribution in [3.63, 3.8) is 0 Å². The van der Waals surface area contributed by atoms with E-state index in [0.29, 0.717) is 21.6 Å². The van der Waals surface area contributed by atoms with Crippen molar-refractivity contribution in [3.05, 3.63) is 35.3 Å². The van der Waals surface area contributed by atoms with Crippen molar-refractivity contribution in [2.24, 2.45) is 4.99 Å². The zero-order valence-electron chi connectivity index (χ0n) is 18.9. The lowest BCUT2D eigenvalue weighted by Gasteiger charge is -2.42. The Hall–Kier alpha value is -2.81. The fraction of sp³-hybridized carbons (Fsp3) is 0.391. The number of aliphatic imine (C=N–C) groups is 1. The molecule has 1 fully saturated rings. The van der Waals surface area contributed by atoms with Crippen molar-refractivity contribution in [3.8, 4) is 5.75 Å². The molecule has 0 bridgehead atoms. The van der Waals surface area contributed by atoms with Gasteiger partial charge in [0.1, 0.15) is 40.2 Å². The van der Waals surface area contributed by atoms with Crippen LogP contribution in [-0.4, -0.2) is 91.4 Å². The van der Waals surface area contributed by atoms with Crippen molar-refractivity contribution in [2.45, 2.75) is 43.6 Å². The largest absolute Gasteiger partial charge is 0.480 e. The van der Waals surface area contributed by atoms with E-state index in [1.54, 1.807) is 12.1 Å². The van der Waals surface area contributed by atoms with E-state index in [0.717, 1.165) is 21.0 Å². The van der Waals surface area contributed by atoms with Gasteiger partial charge in [-0.3, -0.25) is 9.79 Å². The number of carbonyl (C=O) groups excluding carboxylic acids is 1. The number of aromatic nitrogens is 1. The van der Waals surface area contributed by atoms with Crippen molar-refractivity contribution in [1.29, 1.82) is 0 Å². The maximum atomic E-state index is 11.7. The van der Waals surface area contributed by atoms with Gasteiger partial charge in [-0.2, -0.15) is 0 Å². The van der Waals surface area contributed by atoms with Crippen molar-refractivity contribution in [1.82, 2.24) is 10.3 Å². The number of carbonyl (C=O) groups is 2. The molecule has 3 aromatic rings. The number of rotatable bonds is 6. The zero-order chi connectivity index (χ0) is 25.6. The Bertz CT molecular complexity index is 1360. The highest BCUT2D eigenvalue weighted by Gasteiger charge is 2.46. The van der Waals surface area contributed by atoms with Crippen LogP contribution in [0.5, 0.6) is 5.75 Å². The molecule has 11 nitrogen and oxygen atoms in total. The molecular formula is C23H23N3O8S2. The quantitative estimate of drug-likeness (QED) is 0.304. The Morgan fingerprint density at radius 1 is 1.22 bits per heavy atom. The van der Waals surface area contributed by atoms with E-state index in [1.165, 1.54) is 30.0 Å². The molecule has 3 heterocycles. The van der Waals surface area contributed by atoms with Crippen molar-refractivity contribution in [2.75, 3.05) is 12.4 Å². The Labute approximate surface area is 212 Å². The third-order valence-electron chi connectivity index (χ3n) is 5.96. The van der Waals surface area contributed by atoms with Gasteiger partial charge in [0.25, 0.3) is 0 Å². The molecule has 2 aliphatic heterocycles. The Morgan fingerprint density at radius 2 is 2.03 bits per heavy atom. The second kappa shape index (κ2) is 9.92. The number of amides is 1. The van der Waals surface area contributed by atoms with Gasteiger partial charge in [0.15, 0.2) is 6.04 Å². The average Bonchev–Trinajstić information content (AvgIpc) is 3.51. The molecule has 2 aromatic carbocycles. The van der Waals surface area contributed by atoms with Gasteiger partial charge in [-0.25, -0.2) is 9.78 Å². The highest BCUT2D eigenvalue weighted by molar-refractivity contribution is 8.15. The molecule has 0 saturated carbocycles. The summed E-state index contributed by atoms with van der Waals surface area (Å²) in [6, 6.07) is 7.25. The van der Waals surface area contributed by atoms with E-state index >= 15 is 0 Å². The number of ether oxygens (including phenoxy) is 2. The van der Waals surface area contributed by atoms with Crippen molar-refractivity contribution < 1.29 is 39.5 Å². The highest BCUT2D eigenvalue weighted by Crippen LogP contribution is 2.36. The number of aliphatic hydroxyl groups is 3. The van der Waals surface area contributed by atoms with Crippen LogP contribution in [0.3, 0.4) is 0 Å². The Kier molecular flexibility index (Phi) is 6.85. The molecule has 1 amide bonds. The number of hydrogen-bond acceptors (Lipinski definition) is 11. The monoisotopic (exact) mass is 533 g/mol. The predicted octanol–water partition coefficient (Wildman–Crippen LogP) is 0.719. The molecule has 36 heavy (non-hydrogen) atoms. The number of aliphatic hydroxyl groups excluding tert-OH is 3. The molecule has 2 aliphatic rings. The number of fused-ring (bicyclic) bond motifs is 3. The maximum Gasteiger partial charge on any atom is 0.329 e. The maximum absolute atomic E-state index is 11.7. The van der Waals surface area contributed by atoms with E-state index in [2.05, 4.69) is 15.3 Å². The number of thioether (sulfide) groups is 1. The molecule has 6 atom stereocenters. The second-order valence-electron chi connectivity index (χ2n) is 8.47. The van der Waals surface area contributed by atoms with Gasteiger partial charge in [0, 0.05) is 18.1 Å². The second-order valence-corrected chi connectivity index (χ2v) is 10.5. The van der Waals surface area contributed by atoms with Crippen LogP contribution in [0.15, 0.2) is 35.3 Å². The minimum absolute atomic E-state index is 0.383. The lowest BCUT2D eigenvalue weighted by atomic mass is 9.97. The summed E-state index contributed by atoms with van der Waals surface area (Å²) >= 11 is 2.81. The number of hydrogen-bond donors (Lipinski definition) is 5. The van der Waals surface area contributed by atoms with Crippen LogP contribution >= 0.6 is 23.1 Å². The lowest BCUT2D eigenvalue weighted by molar-refractivity contribution is -0.244. The van der Waals surface area contributed by atoms with E-state index < -0.39 is 55.2 Å². The Balaban J connectivity index is 1.43. The summed E-state index contributed by atoms with van der Waals surface area (Å²) in [6.07, 6.45) is -5.04. The van der Waals surface area contributed by atoms with Crippen LogP contribution in [0.25, 0.3) is 21.0 Å². The zero-order valence-corrected chi connectivity index (χ0v) is 20.5. The van der Waals surface area contributed by atoms with E-state index in [9.17, 15) is 30.0 Å². The molecule has 5 N–H and O–H groups in total. The van der Waals surface area contributed by atoms with Gasteiger partial charge < -0.3 is 35.2 Å². The summed E-state index contributed by atoms with van der Waals surface area (Å²) in [5.41, 5.74) is 0.766. The molecule has 1 saturated heterocycles. The molecule has 13 heteroatoms. The first kappa shape index (κ1) is 24.9. The lowest BCUT2D eigenvalue weighted by Crippen LogP contribution is -2.65. The number of nitrogens with zero attached hydrogens (tertiary/aromatic N) is 2. The summed E-state index contributed by atoms with van der Waals surface area (Å²) in [4.78, 5) is 31.8. The number of thiazole rings is 1. The van der Waals surface area contributed by atoms with Gasteiger partial charge >= 0.3 is 5.97 Å². The minimum Gasteiger partial charge on any atom is -0.480 e. The minimum atomic E-state index is -1.41. The Morgan fingerprint density at radius 3 is 2.72 bits per heavy atom. The number of carboxylic acids is 1. The highest BCUT2D eigenvalue weighted by atomic mass is 32.2. The normalized spacial score (nSPS) is 28.3. The van der Waals surface area contributed by atoms with Crippen LogP contribution < -0.4 is 10.1 Å². The standard InChI is InChI=1S/C23H23N3O8S2/c1-9(28)24-16-18(30)17(29)15(7-27)34-23(16)33-11-3-4-12-10(6-11)2-5-13-19(12)36-21(25-13)20-26-14(8-35-20)22(31)32/h2-6,14-18,23,27,29-30H,7-8H2,1H3,(H,24,28)(H,31,32). The molecule has 0 radical (unpaired) electrons. The van der Waals surface area contributed by atoms with E-state index in [4.69, 9.17) is 9.47 Å². The molecule has 0 aliphatic carbocycles. The van der Waals surface area contributed by atoms with Crippen LogP contribution in [0.1, 0.15) is 11.9 Å². The number of carboxylic acid groups (broad SMARTS) is 1. The summed E-state index contributed by atoms with van der Waals surface area (Å²) in [6.45, 7) is 0.738. The topological polar surface area (TPSA) is 171 Å². The van der Waals surface area contributed by atoms with Gasteiger partial charge in [-0.05, 0) is 29.7 Å². The summed E-state index contributed by atoms with van der Waals surface area (Å²) < 4.78 is 12.5. The third kappa shape index (κ3) is 4.65. The smallest absolute Gasteiger partial charge is 0.329 e. The molecule has 6 unspecified atom stereocenters. The fourth-order valence-electron chi connectivity index (χ4n) is 4.18. The third-order valence-corrected chi connectivity index (χ3v) is 8.26. The first-order chi connectivity index (χ1) is 17.2. The number of aliphatic carboxylic acids is 1. The van der Waals surface area contributed by atoms with Gasteiger partial charge in [0.05, 0.1) is 16.8 Å². The molecular weight excluding hydrogens is 510 g/mol. The predicted molar refractivity (Wildman–Crippen MR) is 134 cm³/mol. The van der Waals surface area contributed by atoms with Gasteiger partial charge in [-0.1, -0.05) is 6.07 Å². The van der Waals surface area contributed by atoms with Gasteiger partial charge in [-0.15, -0.1) is 23.1 Å². The van der Waals surface area contributed by atoms with E-state index in [-0.39, 0.29) is 0 Å². The summed E-state index contributed by atoms with van der Waals surface area (Å²) in [7, 11) is 0. The number of benzene rings is 2. The molecule has 5 rings (SSSR count). The average molecular weight is 534 g/mol. The van der Waals surface area contributed by atoms with E-state index in [1.807, 2.05) is 18.2 Å².